The summed E-state index contributed by atoms with van der Waals surface area (Å²) < 4.78 is 29.2. The van der Waals surface area contributed by atoms with Crippen molar-refractivity contribution in [2.24, 2.45) is 0 Å². The molecule has 1 amide bonds. The maximum atomic E-state index is 12.4. The van der Waals surface area contributed by atoms with Crippen molar-refractivity contribution < 1.29 is 33.3 Å². The Hall–Kier alpha value is -4.24. The van der Waals surface area contributed by atoms with Crippen molar-refractivity contribution in [2.45, 2.75) is 25.2 Å². The molecule has 2 heterocycles. The molecule has 4 aromatic rings. The van der Waals surface area contributed by atoms with E-state index in [9.17, 15) is 9.59 Å². The lowest BCUT2D eigenvalue weighted by atomic mass is 10.2. The number of benzene rings is 2. The molecule has 0 radical (unpaired) electrons. The fourth-order valence-corrected chi connectivity index (χ4v) is 4.49. The SMILES string of the molecule is CCOC(=O)c1nnc(SC)nc1Nc1cccc2c1ccn2CCOCCOCCOCCNC(=O)OCc1ccccc1. The van der Waals surface area contributed by atoms with Crippen molar-refractivity contribution >= 4 is 46.2 Å². The first-order valence-corrected chi connectivity index (χ1v) is 15.8. The van der Waals surface area contributed by atoms with Crippen molar-refractivity contribution in [3.8, 4) is 0 Å². The number of nitrogens with zero attached hydrogens (tertiary/aromatic N) is 4. The number of thioether (sulfide) groups is 1. The van der Waals surface area contributed by atoms with Gasteiger partial charge >= 0.3 is 12.1 Å². The van der Waals surface area contributed by atoms with Crippen molar-refractivity contribution in [3.63, 3.8) is 0 Å². The Morgan fingerprint density at radius 1 is 0.867 bits per heavy atom. The Balaban J connectivity index is 1.11. The highest BCUT2D eigenvalue weighted by molar-refractivity contribution is 7.98. The molecule has 0 aliphatic heterocycles. The van der Waals surface area contributed by atoms with Crippen LogP contribution in [0.4, 0.5) is 16.3 Å². The van der Waals surface area contributed by atoms with Gasteiger partial charge in [0.25, 0.3) is 0 Å². The molecule has 45 heavy (non-hydrogen) atoms. The Labute approximate surface area is 265 Å². The van der Waals surface area contributed by atoms with Gasteiger partial charge in [0.2, 0.25) is 10.9 Å². The molecule has 2 N–H and O–H groups in total. The summed E-state index contributed by atoms with van der Waals surface area (Å²) in [7, 11) is 0. The van der Waals surface area contributed by atoms with Crippen LogP contribution >= 0.6 is 11.8 Å². The second kappa shape index (κ2) is 18.5. The summed E-state index contributed by atoms with van der Waals surface area (Å²) in [6.45, 7) is 5.80. The number of fused-ring (bicyclic) bond motifs is 1. The summed E-state index contributed by atoms with van der Waals surface area (Å²) >= 11 is 1.33. The van der Waals surface area contributed by atoms with E-state index in [4.69, 9.17) is 23.7 Å². The van der Waals surface area contributed by atoms with Crippen LogP contribution in [0.1, 0.15) is 23.0 Å². The summed E-state index contributed by atoms with van der Waals surface area (Å²) in [5.74, 6) is -0.296. The van der Waals surface area contributed by atoms with Gasteiger partial charge in [-0.15, -0.1) is 10.2 Å². The van der Waals surface area contributed by atoms with Crippen LogP contribution in [0.5, 0.6) is 0 Å². The monoisotopic (exact) mass is 638 g/mol. The van der Waals surface area contributed by atoms with Gasteiger partial charge in [0, 0.05) is 30.4 Å². The van der Waals surface area contributed by atoms with E-state index in [0.717, 1.165) is 22.2 Å². The highest BCUT2D eigenvalue weighted by Gasteiger charge is 2.19. The minimum atomic E-state index is -0.586. The molecule has 0 bridgehead atoms. The summed E-state index contributed by atoms with van der Waals surface area (Å²) in [5.41, 5.74) is 2.74. The quantitative estimate of drug-likeness (QED) is 0.0850. The second-order valence-corrected chi connectivity index (χ2v) is 10.2. The van der Waals surface area contributed by atoms with Gasteiger partial charge in [-0.05, 0) is 36.9 Å². The van der Waals surface area contributed by atoms with E-state index in [1.165, 1.54) is 11.8 Å². The minimum absolute atomic E-state index is 0.0296. The van der Waals surface area contributed by atoms with Gasteiger partial charge in [0.1, 0.15) is 6.61 Å². The van der Waals surface area contributed by atoms with Gasteiger partial charge in [0.15, 0.2) is 5.82 Å². The number of carbonyl (C=O) groups is 2. The van der Waals surface area contributed by atoms with Crippen LogP contribution in [-0.4, -0.2) is 90.9 Å². The van der Waals surface area contributed by atoms with Crippen LogP contribution in [0.3, 0.4) is 0 Å². The smallest absolute Gasteiger partial charge is 0.407 e. The van der Waals surface area contributed by atoms with Crippen LogP contribution < -0.4 is 10.6 Å². The molecule has 2 aromatic heterocycles. The normalized spacial score (nSPS) is 11.0. The fourth-order valence-electron chi connectivity index (χ4n) is 4.18. The number of carbonyl (C=O) groups excluding carboxylic acids is 2. The maximum Gasteiger partial charge on any atom is 0.407 e. The first kappa shape index (κ1) is 33.6. The molecule has 0 spiro atoms. The predicted octanol–water partition coefficient (Wildman–Crippen LogP) is 4.44. The first-order chi connectivity index (χ1) is 22.1. The minimum Gasteiger partial charge on any atom is -0.461 e. The third-order valence-electron chi connectivity index (χ3n) is 6.33. The number of amides is 1. The third kappa shape index (κ3) is 10.7. The lowest BCUT2D eigenvalue weighted by molar-refractivity contribution is 0.0138. The highest BCUT2D eigenvalue weighted by atomic mass is 32.2. The number of anilines is 2. The lowest BCUT2D eigenvalue weighted by Gasteiger charge is -2.12. The van der Waals surface area contributed by atoms with Crippen LogP contribution in [0.15, 0.2) is 66.0 Å². The topological polar surface area (TPSA) is 148 Å². The zero-order valence-electron chi connectivity index (χ0n) is 25.4. The number of aromatic nitrogens is 4. The Morgan fingerprint density at radius 3 is 2.38 bits per heavy atom. The molecule has 0 saturated carbocycles. The van der Waals surface area contributed by atoms with E-state index in [1.54, 1.807) is 6.92 Å². The first-order valence-electron chi connectivity index (χ1n) is 14.6. The van der Waals surface area contributed by atoms with Gasteiger partial charge in [-0.1, -0.05) is 48.2 Å². The average Bonchev–Trinajstić information content (AvgIpc) is 3.48. The number of alkyl carbamates (subject to hydrolysis) is 1. The van der Waals surface area contributed by atoms with Crippen molar-refractivity contribution in [2.75, 3.05) is 64.4 Å². The van der Waals surface area contributed by atoms with Crippen molar-refractivity contribution in [3.05, 3.63) is 72.1 Å². The van der Waals surface area contributed by atoms with Gasteiger partial charge in [-0.2, -0.15) is 0 Å². The van der Waals surface area contributed by atoms with E-state index in [0.29, 0.717) is 57.9 Å². The Bertz CT molecular complexity index is 1500. The predicted molar refractivity (Wildman–Crippen MR) is 170 cm³/mol. The third-order valence-corrected chi connectivity index (χ3v) is 6.87. The number of rotatable bonds is 19. The summed E-state index contributed by atoms with van der Waals surface area (Å²) in [6.07, 6.45) is 3.35. The van der Waals surface area contributed by atoms with Gasteiger partial charge in [-0.3, -0.25) is 0 Å². The Morgan fingerprint density at radius 2 is 1.62 bits per heavy atom. The van der Waals surface area contributed by atoms with E-state index in [1.807, 2.05) is 67.0 Å². The van der Waals surface area contributed by atoms with Crippen LogP contribution in [0.25, 0.3) is 10.9 Å². The molecule has 2 aromatic carbocycles. The molecule has 0 atom stereocenters. The molecule has 4 rings (SSSR count). The summed E-state index contributed by atoms with van der Waals surface area (Å²) in [6, 6.07) is 17.4. The van der Waals surface area contributed by atoms with Gasteiger partial charge in [-0.25, -0.2) is 14.6 Å². The van der Waals surface area contributed by atoms with Crippen molar-refractivity contribution in [1.29, 1.82) is 0 Å². The maximum absolute atomic E-state index is 12.4. The molecule has 0 aliphatic carbocycles. The van der Waals surface area contributed by atoms with E-state index in [2.05, 4.69) is 30.4 Å². The fraction of sp³-hybridized carbons (Fsp3) is 0.387. The molecule has 0 fully saturated rings. The molecule has 0 saturated heterocycles. The molecule has 13 nitrogen and oxygen atoms in total. The molecular weight excluding hydrogens is 600 g/mol. The van der Waals surface area contributed by atoms with Gasteiger partial charge < -0.3 is 38.9 Å². The number of hydrogen-bond donors (Lipinski definition) is 2. The van der Waals surface area contributed by atoms with Gasteiger partial charge in [0.05, 0.1) is 51.8 Å². The molecule has 14 heteroatoms. The van der Waals surface area contributed by atoms with E-state index in [-0.39, 0.29) is 24.7 Å². The Kier molecular flexibility index (Phi) is 13.9. The van der Waals surface area contributed by atoms with Crippen molar-refractivity contribution in [1.82, 2.24) is 25.1 Å². The number of nitrogens with one attached hydrogen (secondary N) is 2. The lowest BCUT2D eigenvalue weighted by Crippen LogP contribution is -2.28. The zero-order chi connectivity index (χ0) is 31.7. The highest BCUT2D eigenvalue weighted by Crippen LogP contribution is 2.28. The van der Waals surface area contributed by atoms with Crippen LogP contribution in [0, 0.1) is 0 Å². The largest absolute Gasteiger partial charge is 0.461 e. The van der Waals surface area contributed by atoms with Crippen LogP contribution in [-0.2, 0) is 36.8 Å². The average molecular weight is 639 g/mol. The number of hydrogen-bond acceptors (Lipinski definition) is 12. The second-order valence-electron chi connectivity index (χ2n) is 9.41. The zero-order valence-corrected chi connectivity index (χ0v) is 26.2. The van der Waals surface area contributed by atoms with E-state index >= 15 is 0 Å². The number of ether oxygens (including phenoxy) is 5. The standard InChI is InChI=1S/C31H38N6O7S/c1-3-43-29(38)27-28(34-30(45-2)36-35-27)33-25-10-7-11-26-24(25)12-14-37(26)15-17-41-19-21-42-20-18-40-16-13-32-31(39)44-22-23-8-5-4-6-9-23/h4-12,14H,3,13,15-22H2,1-2H3,(H,32,39)(H,33,34,36). The molecule has 0 aliphatic rings. The van der Waals surface area contributed by atoms with Crippen LogP contribution in [0.2, 0.25) is 0 Å². The molecule has 0 unspecified atom stereocenters. The molecule has 240 valence electrons. The molecular formula is C31H38N6O7S. The summed E-state index contributed by atoms with van der Waals surface area (Å²) in [4.78, 5) is 28.6. The summed E-state index contributed by atoms with van der Waals surface area (Å²) in [5, 5.41) is 15.3. The van der Waals surface area contributed by atoms with E-state index < -0.39 is 12.1 Å². The number of esters is 1.